The predicted molar refractivity (Wildman–Crippen MR) is 84.1 cm³/mol. The number of esters is 1. The molecule has 2 aliphatic carbocycles. The molecule has 2 nitrogen and oxygen atoms in total. The van der Waals surface area contributed by atoms with Gasteiger partial charge in [0.05, 0.1) is 0 Å². The number of ether oxygens (including phenoxy) is 1. The van der Waals surface area contributed by atoms with Gasteiger partial charge >= 0.3 is 5.97 Å². The van der Waals surface area contributed by atoms with Gasteiger partial charge in [0.1, 0.15) is 5.60 Å². The zero-order chi connectivity index (χ0) is 15.1. The smallest absolute Gasteiger partial charge is 0.333 e. The summed E-state index contributed by atoms with van der Waals surface area (Å²) in [5.74, 6) is -0.247. The SMILES string of the molecule is C=C(C)C(=O)OC1(C)Cc2ccccc2CC12CCCC2. The molecular formula is C19H24O2. The van der Waals surface area contributed by atoms with E-state index in [0.717, 1.165) is 25.7 Å². The third-order valence-corrected chi connectivity index (χ3v) is 5.52. The molecule has 0 heterocycles. The van der Waals surface area contributed by atoms with Gasteiger partial charge in [0.25, 0.3) is 0 Å². The maximum atomic E-state index is 12.1. The fourth-order valence-electron chi connectivity index (χ4n) is 4.20. The van der Waals surface area contributed by atoms with Crippen LogP contribution in [0.25, 0.3) is 0 Å². The van der Waals surface area contributed by atoms with Crippen LogP contribution >= 0.6 is 0 Å². The molecule has 1 spiro atoms. The van der Waals surface area contributed by atoms with Crippen LogP contribution in [0, 0.1) is 5.41 Å². The molecule has 1 fully saturated rings. The lowest BCUT2D eigenvalue weighted by Gasteiger charge is -2.49. The Morgan fingerprint density at radius 1 is 1.14 bits per heavy atom. The summed E-state index contributed by atoms with van der Waals surface area (Å²) in [6, 6.07) is 8.59. The zero-order valence-electron chi connectivity index (χ0n) is 13.1. The molecule has 0 saturated heterocycles. The van der Waals surface area contributed by atoms with Crippen LogP contribution in [-0.4, -0.2) is 11.6 Å². The molecule has 1 aromatic rings. The van der Waals surface area contributed by atoms with Crippen LogP contribution in [-0.2, 0) is 22.4 Å². The number of carbonyl (C=O) groups is 1. The highest BCUT2D eigenvalue weighted by Gasteiger charge is 2.54. The first-order chi connectivity index (χ1) is 9.96. The molecule has 0 aromatic heterocycles. The molecule has 1 saturated carbocycles. The molecule has 0 aliphatic heterocycles. The predicted octanol–water partition coefficient (Wildman–Crippen LogP) is 4.22. The van der Waals surface area contributed by atoms with Crippen molar-refractivity contribution >= 4 is 5.97 Å². The highest BCUT2D eigenvalue weighted by molar-refractivity contribution is 5.87. The number of carbonyl (C=O) groups excluding carboxylic acids is 1. The normalized spacial score (nSPS) is 26.4. The van der Waals surface area contributed by atoms with Crippen LogP contribution < -0.4 is 0 Å². The average Bonchev–Trinajstić information content (AvgIpc) is 2.90. The largest absolute Gasteiger partial charge is 0.455 e. The van der Waals surface area contributed by atoms with Gasteiger partial charge in [-0.3, -0.25) is 0 Å². The summed E-state index contributed by atoms with van der Waals surface area (Å²) >= 11 is 0. The quantitative estimate of drug-likeness (QED) is 0.600. The van der Waals surface area contributed by atoms with Gasteiger partial charge in [-0.1, -0.05) is 43.7 Å². The van der Waals surface area contributed by atoms with E-state index in [0.29, 0.717) is 5.57 Å². The molecule has 3 rings (SSSR count). The van der Waals surface area contributed by atoms with Crippen molar-refractivity contribution in [3.8, 4) is 0 Å². The van der Waals surface area contributed by atoms with E-state index in [1.54, 1.807) is 6.92 Å². The lowest BCUT2D eigenvalue weighted by atomic mass is 9.61. The molecule has 1 atom stereocenters. The highest BCUT2D eigenvalue weighted by Crippen LogP contribution is 2.54. The van der Waals surface area contributed by atoms with Gasteiger partial charge < -0.3 is 4.74 Å². The Bertz CT molecular complexity index is 581. The molecule has 2 aliphatic rings. The van der Waals surface area contributed by atoms with Gasteiger partial charge in [-0.2, -0.15) is 0 Å². The number of hydrogen-bond acceptors (Lipinski definition) is 2. The van der Waals surface area contributed by atoms with E-state index in [-0.39, 0.29) is 11.4 Å². The molecule has 2 heteroatoms. The lowest BCUT2D eigenvalue weighted by Crippen LogP contribution is -2.53. The fraction of sp³-hybridized carbons (Fsp3) is 0.526. The first-order valence-electron chi connectivity index (χ1n) is 7.91. The minimum absolute atomic E-state index is 0.104. The van der Waals surface area contributed by atoms with Crippen molar-refractivity contribution in [2.45, 2.75) is 58.0 Å². The first kappa shape index (κ1) is 14.4. The highest BCUT2D eigenvalue weighted by atomic mass is 16.6. The third-order valence-electron chi connectivity index (χ3n) is 5.52. The summed E-state index contributed by atoms with van der Waals surface area (Å²) in [4.78, 5) is 12.1. The van der Waals surface area contributed by atoms with Crippen molar-refractivity contribution < 1.29 is 9.53 Å². The molecule has 0 bridgehead atoms. The number of rotatable bonds is 2. The van der Waals surface area contributed by atoms with Crippen LogP contribution in [0.15, 0.2) is 36.4 Å². The van der Waals surface area contributed by atoms with Crippen LogP contribution in [0.3, 0.4) is 0 Å². The fourth-order valence-corrected chi connectivity index (χ4v) is 4.20. The molecule has 1 unspecified atom stereocenters. The van der Waals surface area contributed by atoms with E-state index in [2.05, 4.69) is 37.8 Å². The maximum absolute atomic E-state index is 12.1. The average molecular weight is 284 g/mol. The molecule has 112 valence electrons. The van der Waals surface area contributed by atoms with Gasteiger partial charge in [0.2, 0.25) is 0 Å². The number of hydrogen-bond donors (Lipinski definition) is 0. The van der Waals surface area contributed by atoms with Gasteiger partial charge in [-0.25, -0.2) is 4.79 Å². The Hall–Kier alpha value is -1.57. The van der Waals surface area contributed by atoms with Crippen molar-refractivity contribution in [2.75, 3.05) is 0 Å². The summed E-state index contributed by atoms with van der Waals surface area (Å²) in [6.07, 6.45) is 6.64. The van der Waals surface area contributed by atoms with Gasteiger partial charge in [-0.05, 0) is 44.2 Å². The Balaban J connectivity index is 2.00. The van der Waals surface area contributed by atoms with Crippen molar-refractivity contribution in [1.82, 2.24) is 0 Å². The van der Waals surface area contributed by atoms with Crippen LogP contribution in [0.4, 0.5) is 0 Å². The van der Waals surface area contributed by atoms with E-state index in [1.165, 1.54) is 24.0 Å². The molecule has 21 heavy (non-hydrogen) atoms. The summed E-state index contributed by atoms with van der Waals surface area (Å²) in [6.45, 7) is 7.60. The van der Waals surface area contributed by atoms with E-state index in [9.17, 15) is 4.79 Å². The van der Waals surface area contributed by atoms with E-state index >= 15 is 0 Å². The van der Waals surface area contributed by atoms with Crippen molar-refractivity contribution in [1.29, 1.82) is 0 Å². The van der Waals surface area contributed by atoms with Crippen molar-refractivity contribution in [3.05, 3.63) is 47.5 Å². The Labute approximate surface area is 127 Å². The van der Waals surface area contributed by atoms with E-state index < -0.39 is 5.60 Å². The summed E-state index contributed by atoms with van der Waals surface area (Å²) < 4.78 is 6.00. The van der Waals surface area contributed by atoms with Crippen LogP contribution in [0.1, 0.15) is 50.7 Å². The molecule has 0 amide bonds. The number of fused-ring (bicyclic) bond motifs is 1. The molecular weight excluding hydrogens is 260 g/mol. The van der Waals surface area contributed by atoms with Gasteiger partial charge in [-0.15, -0.1) is 0 Å². The molecule has 1 aromatic carbocycles. The second-order valence-electron chi connectivity index (χ2n) is 7.01. The minimum atomic E-state index is -0.409. The Kier molecular flexibility index (Phi) is 3.43. The van der Waals surface area contributed by atoms with E-state index in [1.807, 2.05) is 0 Å². The van der Waals surface area contributed by atoms with Gasteiger partial charge in [0.15, 0.2) is 0 Å². The standard InChI is InChI=1S/C19H24O2/c1-14(2)17(20)21-18(3)12-15-8-4-5-9-16(15)13-19(18)10-6-7-11-19/h4-5,8-9H,1,6-7,10-13H2,2-3H3. The molecule has 0 radical (unpaired) electrons. The monoisotopic (exact) mass is 284 g/mol. The Morgan fingerprint density at radius 2 is 1.71 bits per heavy atom. The van der Waals surface area contributed by atoms with Crippen molar-refractivity contribution in [3.63, 3.8) is 0 Å². The summed E-state index contributed by atoms with van der Waals surface area (Å²) in [5.41, 5.74) is 2.94. The maximum Gasteiger partial charge on any atom is 0.333 e. The van der Waals surface area contributed by atoms with Crippen LogP contribution in [0.2, 0.25) is 0 Å². The first-order valence-corrected chi connectivity index (χ1v) is 7.91. The zero-order valence-corrected chi connectivity index (χ0v) is 13.1. The lowest BCUT2D eigenvalue weighted by molar-refractivity contribution is -0.171. The van der Waals surface area contributed by atoms with Crippen LogP contribution in [0.5, 0.6) is 0 Å². The van der Waals surface area contributed by atoms with E-state index in [4.69, 9.17) is 4.74 Å². The van der Waals surface area contributed by atoms with Crippen molar-refractivity contribution in [2.24, 2.45) is 5.41 Å². The molecule has 0 N–H and O–H groups in total. The topological polar surface area (TPSA) is 26.3 Å². The Morgan fingerprint density at radius 3 is 2.29 bits per heavy atom. The van der Waals surface area contributed by atoms with Gasteiger partial charge in [0, 0.05) is 17.4 Å². The second-order valence-corrected chi connectivity index (χ2v) is 7.01. The third kappa shape index (κ3) is 2.31. The summed E-state index contributed by atoms with van der Waals surface area (Å²) in [7, 11) is 0. The number of benzene rings is 1. The second kappa shape index (κ2) is 5.01. The minimum Gasteiger partial charge on any atom is -0.455 e. The summed E-state index contributed by atoms with van der Waals surface area (Å²) in [5, 5.41) is 0.